The van der Waals surface area contributed by atoms with Gasteiger partial charge >= 0.3 is 0 Å². The van der Waals surface area contributed by atoms with Crippen LogP contribution in [0.3, 0.4) is 0 Å². The summed E-state index contributed by atoms with van der Waals surface area (Å²) in [4.78, 5) is 4.40. The molecule has 1 rings (SSSR count). The third kappa shape index (κ3) is 4.80. The van der Waals surface area contributed by atoms with Crippen molar-refractivity contribution in [1.82, 2.24) is 9.80 Å². The maximum Gasteiger partial charge on any atom is 0.131 e. The maximum absolute atomic E-state index is 13.9. The first-order valence-corrected chi connectivity index (χ1v) is 6.83. The molecule has 0 saturated carbocycles. The van der Waals surface area contributed by atoms with Gasteiger partial charge in [0.2, 0.25) is 0 Å². The molecule has 0 fully saturated rings. The Labute approximate surface area is 115 Å². The van der Waals surface area contributed by atoms with Gasteiger partial charge in [-0.2, -0.15) is 0 Å². The zero-order valence-electron chi connectivity index (χ0n) is 12.4. The molecule has 1 aromatic rings. The summed E-state index contributed by atoms with van der Waals surface area (Å²) >= 11 is 0. The van der Waals surface area contributed by atoms with E-state index < -0.39 is 0 Å². The summed E-state index contributed by atoms with van der Waals surface area (Å²) in [5.74, 6) is -0.359. The van der Waals surface area contributed by atoms with Crippen LogP contribution in [0.4, 0.5) is 4.39 Å². The van der Waals surface area contributed by atoms with E-state index in [1.54, 1.807) is 12.1 Å². The fraction of sp³-hybridized carbons (Fsp3) is 0.600. The first kappa shape index (κ1) is 15.9. The predicted molar refractivity (Wildman–Crippen MR) is 76.9 cm³/mol. The smallest absolute Gasteiger partial charge is 0.131 e. The van der Waals surface area contributed by atoms with Gasteiger partial charge in [0, 0.05) is 17.7 Å². The Kier molecular flexibility index (Phi) is 6.25. The fourth-order valence-electron chi connectivity index (χ4n) is 2.27. The Morgan fingerprint density at radius 1 is 1.26 bits per heavy atom. The molecule has 1 N–H and O–H groups in total. The fourth-order valence-corrected chi connectivity index (χ4v) is 2.27. The molecule has 0 amide bonds. The van der Waals surface area contributed by atoms with E-state index in [1.165, 1.54) is 6.07 Å². The molecule has 0 bridgehead atoms. The number of nitrogens with zero attached hydrogens (tertiary/aromatic N) is 2. The van der Waals surface area contributed by atoms with E-state index in [0.717, 1.165) is 26.1 Å². The minimum atomic E-state index is -0.335. The third-order valence-corrected chi connectivity index (χ3v) is 3.44. The Morgan fingerprint density at radius 2 is 1.95 bits per heavy atom. The lowest BCUT2D eigenvalue weighted by molar-refractivity contribution is 0.206. The molecular formula is C15H25FN2O. The van der Waals surface area contributed by atoms with Gasteiger partial charge in [0.25, 0.3) is 0 Å². The van der Waals surface area contributed by atoms with Crippen LogP contribution >= 0.6 is 0 Å². The normalized spacial score (nSPS) is 13.2. The molecule has 1 aromatic carbocycles. The maximum atomic E-state index is 13.9. The average Bonchev–Trinajstić information content (AvgIpc) is 2.33. The summed E-state index contributed by atoms with van der Waals surface area (Å²) in [7, 11) is 4.11. The van der Waals surface area contributed by atoms with Gasteiger partial charge < -0.3 is 10.0 Å². The molecule has 0 aliphatic carbocycles. The highest BCUT2D eigenvalue weighted by molar-refractivity contribution is 5.29. The summed E-state index contributed by atoms with van der Waals surface area (Å²) in [6.45, 7) is 6.95. The lowest BCUT2D eigenvalue weighted by Gasteiger charge is -2.29. The van der Waals surface area contributed by atoms with Gasteiger partial charge in [-0.25, -0.2) is 4.39 Å². The standard InChI is InChI=1S/C15H25FN2O/c1-5-18(10-6-9-17(3)4)12(2)14-8-7-13(19)11-15(14)16/h7-8,11-12,19H,5-6,9-10H2,1-4H3. The second-order valence-corrected chi connectivity index (χ2v) is 5.17. The molecule has 0 saturated heterocycles. The SMILES string of the molecule is CCN(CCCN(C)C)C(C)c1ccc(O)cc1F. The number of hydrogen-bond acceptors (Lipinski definition) is 3. The summed E-state index contributed by atoms with van der Waals surface area (Å²) in [6.07, 6.45) is 1.06. The largest absolute Gasteiger partial charge is 0.508 e. The number of aromatic hydroxyl groups is 1. The van der Waals surface area contributed by atoms with Crippen molar-refractivity contribution in [1.29, 1.82) is 0 Å². The van der Waals surface area contributed by atoms with E-state index in [9.17, 15) is 9.50 Å². The number of halogens is 1. The van der Waals surface area contributed by atoms with E-state index >= 15 is 0 Å². The Bertz CT molecular complexity index is 396. The molecule has 0 aliphatic rings. The van der Waals surface area contributed by atoms with Crippen LogP contribution in [0.25, 0.3) is 0 Å². The minimum Gasteiger partial charge on any atom is -0.508 e. The summed E-state index contributed by atoms with van der Waals surface area (Å²) in [6, 6.07) is 4.42. The van der Waals surface area contributed by atoms with Crippen molar-refractivity contribution >= 4 is 0 Å². The van der Waals surface area contributed by atoms with Gasteiger partial charge in [0.05, 0.1) is 0 Å². The van der Waals surface area contributed by atoms with Crippen LogP contribution in [-0.2, 0) is 0 Å². The lowest BCUT2D eigenvalue weighted by Crippen LogP contribution is -2.30. The number of phenols is 1. The van der Waals surface area contributed by atoms with Gasteiger partial charge in [-0.1, -0.05) is 13.0 Å². The molecular weight excluding hydrogens is 243 g/mol. The molecule has 1 atom stereocenters. The van der Waals surface area contributed by atoms with Crippen molar-refractivity contribution in [2.75, 3.05) is 33.7 Å². The van der Waals surface area contributed by atoms with E-state index in [2.05, 4.69) is 30.8 Å². The monoisotopic (exact) mass is 268 g/mol. The van der Waals surface area contributed by atoms with E-state index in [1.807, 2.05) is 6.92 Å². The molecule has 0 radical (unpaired) electrons. The molecule has 0 spiro atoms. The molecule has 19 heavy (non-hydrogen) atoms. The predicted octanol–water partition coefficient (Wildman–Crippen LogP) is 2.87. The zero-order chi connectivity index (χ0) is 14.4. The highest BCUT2D eigenvalue weighted by Gasteiger charge is 2.17. The van der Waals surface area contributed by atoms with E-state index in [-0.39, 0.29) is 17.6 Å². The van der Waals surface area contributed by atoms with Crippen LogP contribution in [0.15, 0.2) is 18.2 Å². The molecule has 0 aromatic heterocycles. The summed E-state index contributed by atoms with van der Waals surface area (Å²) in [5.41, 5.74) is 0.643. The van der Waals surface area contributed by atoms with Gasteiger partial charge in [-0.15, -0.1) is 0 Å². The first-order chi connectivity index (χ1) is 8.95. The number of benzene rings is 1. The second kappa shape index (κ2) is 7.46. The Hall–Kier alpha value is -1.13. The van der Waals surface area contributed by atoms with Gasteiger partial charge in [0.1, 0.15) is 11.6 Å². The van der Waals surface area contributed by atoms with E-state index in [4.69, 9.17) is 0 Å². The lowest BCUT2D eigenvalue weighted by atomic mass is 10.1. The van der Waals surface area contributed by atoms with Crippen molar-refractivity contribution in [3.63, 3.8) is 0 Å². The summed E-state index contributed by atoms with van der Waals surface area (Å²) < 4.78 is 13.9. The van der Waals surface area contributed by atoms with E-state index in [0.29, 0.717) is 5.56 Å². The van der Waals surface area contributed by atoms with Crippen molar-refractivity contribution in [3.05, 3.63) is 29.6 Å². The topological polar surface area (TPSA) is 26.7 Å². The quantitative estimate of drug-likeness (QED) is 0.823. The molecule has 108 valence electrons. The number of phenolic OH excluding ortho intramolecular Hbond substituents is 1. The van der Waals surface area contributed by atoms with Crippen LogP contribution in [0, 0.1) is 5.82 Å². The van der Waals surface area contributed by atoms with Crippen LogP contribution in [-0.4, -0.2) is 48.6 Å². The molecule has 1 unspecified atom stereocenters. The van der Waals surface area contributed by atoms with Gasteiger partial charge in [0.15, 0.2) is 0 Å². The first-order valence-electron chi connectivity index (χ1n) is 6.83. The zero-order valence-corrected chi connectivity index (χ0v) is 12.4. The van der Waals surface area contributed by atoms with Gasteiger partial charge in [-0.3, -0.25) is 4.90 Å². The third-order valence-electron chi connectivity index (χ3n) is 3.44. The van der Waals surface area contributed by atoms with Crippen LogP contribution in [0.5, 0.6) is 5.75 Å². The van der Waals surface area contributed by atoms with Crippen molar-refractivity contribution in [3.8, 4) is 5.75 Å². The highest BCUT2D eigenvalue weighted by Crippen LogP contribution is 2.25. The van der Waals surface area contributed by atoms with Crippen LogP contribution in [0.1, 0.15) is 31.9 Å². The molecule has 4 heteroatoms. The molecule has 0 heterocycles. The molecule has 3 nitrogen and oxygen atoms in total. The summed E-state index contributed by atoms with van der Waals surface area (Å²) in [5, 5.41) is 9.26. The Morgan fingerprint density at radius 3 is 2.47 bits per heavy atom. The minimum absolute atomic E-state index is 0.0211. The van der Waals surface area contributed by atoms with Crippen LogP contribution in [0.2, 0.25) is 0 Å². The average molecular weight is 268 g/mol. The van der Waals surface area contributed by atoms with Crippen molar-refractivity contribution < 1.29 is 9.50 Å². The molecule has 0 aliphatic heterocycles. The number of hydrogen-bond donors (Lipinski definition) is 1. The van der Waals surface area contributed by atoms with Crippen molar-refractivity contribution in [2.45, 2.75) is 26.3 Å². The highest BCUT2D eigenvalue weighted by atomic mass is 19.1. The second-order valence-electron chi connectivity index (χ2n) is 5.17. The van der Waals surface area contributed by atoms with Crippen molar-refractivity contribution in [2.24, 2.45) is 0 Å². The number of rotatable bonds is 7. The van der Waals surface area contributed by atoms with Gasteiger partial charge in [-0.05, 0) is 53.1 Å². The Balaban J connectivity index is 2.69. The van der Waals surface area contributed by atoms with Crippen LogP contribution < -0.4 is 0 Å².